The summed E-state index contributed by atoms with van der Waals surface area (Å²) < 4.78 is 29.8. The van der Waals surface area contributed by atoms with Gasteiger partial charge in [-0.05, 0) is 43.7 Å². The Hall–Kier alpha value is -3.31. The molecule has 1 unspecified atom stereocenters. The third-order valence-electron chi connectivity index (χ3n) is 5.48. The summed E-state index contributed by atoms with van der Waals surface area (Å²) >= 11 is 0. The molecule has 0 radical (unpaired) electrons. The minimum Gasteiger partial charge on any atom is -0.379 e. The average Bonchev–Trinajstić information content (AvgIpc) is 3.23. The maximum absolute atomic E-state index is 13.7. The molecule has 1 aromatic carbocycles. The van der Waals surface area contributed by atoms with E-state index in [1.54, 1.807) is 19.9 Å². The molecule has 0 bridgehead atoms. The lowest BCUT2D eigenvalue weighted by molar-refractivity contribution is -0.123. The number of H-pyrrole nitrogens is 1. The highest BCUT2D eigenvalue weighted by Crippen LogP contribution is 2.34. The van der Waals surface area contributed by atoms with Crippen molar-refractivity contribution in [1.29, 1.82) is 0 Å². The van der Waals surface area contributed by atoms with Crippen LogP contribution in [-0.4, -0.2) is 58.5 Å². The quantitative estimate of drug-likeness (QED) is 0.221. The summed E-state index contributed by atoms with van der Waals surface area (Å²) in [7, 11) is -3.04. The molecule has 6 N–H and O–H groups in total. The summed E-state index contributed by atoms with van der Waals surface area (Å²) in [6, 6.07) is 4.00. The third-order valence-corrected chi connectivity index (χ3v) is 6.05. The number of aromatic nitrogens is 1. The van der Waals surface area contributed by atoms with E-state index in [1.165, 1.54) is 25.3 Å². The molecular weight excluding hydrogens is 482 g/mol. The first-order valence-corrected chi connectivity index (χ1v) is 12.3. The van der Waals surface area contributed by atoms with Gasteiger partial charge in [-0.25, -0.2) is 4.39 Å². The highest BCUT2D eigenvalue weighted by atomic mass is 31.2. The molecule has 0 fully saturated rings. The summed E-state index contributed by atoms with van der Waals surface area (Å²) in [6.45, 7) is 3.36. The Morgan fingerprint density at radius 2 is 1.97 bits per heavy atom. The molecule has 1 aliphatic rings. The molecule has 1 atom stereocenters. The molecule has 188 valence electrons. The summed E-state index contributed by atoms with van der Waals surface area (Å²) in [5.74, 6) is -1.94. The molecule has 3 amide bonds. The minimum atomic E-state index is -4.38. The van der Waals surface area contributed by atoms with Gasteiger partial charge in [0.1, 0.15) is 12.1 Å². The Morgan fingerprint density at radius 3 is 2.63 bits per heavy atom. The average molecular weight is 508 g/mol. The number of halogens is 1. The predicted octanol–water partition coefficient (Wildman–Crippen LogP) is 1.65. The van der Waals surface area contributed by atoms with E-state index in [4.69, 9.17) is 14.5 Å². The Kier molecular flexibility index (Phi) is 7.91. The molecular formula is C22H26FN4O7P. The van der Waals surface area contributed by atoms with Crippen molar-refractivity contribution >= 4 is 42.7 Å². The fourth-order valence-corrected chi connectivity index (χ4v) is 4.09. The van der Waals surface area contributed by atoms with Crippen LogP contribution in [0.4, 0.5) is 10.1 Å². The van der Waals surface area contributed by atoms with Gasteiger partial charge in [-0.15, -0.1) is 0 Å². The molecule has 0 aliphatic carbocycles. The van der Waals surface area contributed by atoms with Gasteiger partial charge < -0.3 is 35.5 Å². The number of anilines is 1. The normalized spacial score (nSPS) is 15.0. The van der Waals surface area contributed by atoms with E-state index in [2.05, 4.69) is 20.9 Å². The van der Waals surface area contributed by atoms with Gasteiger partial charge in [0.2, 0.25) is 5.91 Å². The maximum atomic E-state index is 13.7. The number of ether oxygens (including phenoxy) is 1. The van der Waals surface area contributed by atoms with E-state index in [0.717, 1.165) is 0 Å². The fourth-order valence-electron chi connectivity index (χ4n) is 3.71. The molecule has 3 rings (SSSR count). The first-order valence-electron chi connectivity index (χ1n) is 10.5. The first kappa shape index (κ1) is 26.3. The summed E-state index contributed by atoms with van der Waals surface area (Å²) in [4.78, 5) is 57.9. The largest absolute Gasteiger partial charge is 0.379 e. The number of aromatic amines is 1. The van der Waals surface area contributed by atoms with E-state index < -0.39 is 37.6 Å². The molecule has 35 heavy (non-hydrogen) atoms. The zero-order valence-corrected chi connectivity index (χ0v) is 20.2. The number of carbonyl (C=O) groups is 3. The topological polar surface area (TPSA) is 170 Å². The molecule has 1 aliphatic heterocycles. The molecule has 11 nitrogen and oxygen atoms in total. The highest BCUT2D eigenvalue weighted by Gasteiger charge is 2.26. The van der Waals surface area contributed by atoms with E-state index in [1.807, 2.05) is 0 Å². The minimum absolute atomic E-state index is 0.0335. The SMILES string of the molecule is COC(CNC(=O)c1c(C)[nH]c(/C=C2\C(=O)Nc3ccc(F)cc32)c1C)CC(=O)NCP(=O)(O)O. The highest BCUT2D eigenvalue weighted by molar-refractivity contribution is 7.51. The lowest BCUT2D eigenvalue weighted by Gasteiger charge is -2.16. The number of methoxy groups -OCH3 is 1. The first-order chi connectivity index (χ1) is 16.4. The van der Waals surface area contributed by atoms with Crippen LogP contribution in [0.15, 0.2) is 18.2 Å². The van der Waals surface area contributed by atoms with Crippen LogP contribution in [0.3, 0.4) is 0 Å². The van der Waals surface area contributed by atoms with Gasteiger partial charge >= 0.3 is 7.60 Å². The van der Waals surface area contributed by atoms with Crippen LogP contribution < -0.4 is 16.0 Å². The number of hydrogen-bond donors (Lipinski definition) is 6. The van der Waals surface area contributed by atoms with Crippen molar-refractivity contribution in [3.8, 4) is 0 Å². The second-order valence-electron chi connectivity index (χ2n) is 8.06. The van der Waals surface area contributed by atoms with E-state index in [9.17, 15) is 23.3 Å². The summed E-state index contributed by atoms with van der Waals surface area (Å²) in [6.07, 6.45) is -0.178. The van der Waals surface area contributed by atoms with Crippen LogP contribution >= 0.6 is 7.60 Å². The van der Waals surface area contributed by atoms with Gasteiger partial charge in [0, 0.05) is 36.3 Å². The second-order valence-corrected chi connectivity index (χ2v) is 9.71. The molecule has 13 heteroatoms. The van der Waals surface area contributed by atoms with E-state index in [-0.39, 0.29) is 24.4 Å². The number of carbonyl (C=O) groups excluding carboxylic acids is 3. The number of fused-ring (bicyclic) bond motifs is 1. The number of nitrogens with one attached hydrogen (secondary N) is 4. The van der Waals surface area contributed by atoms with Gasteiger partial charge in [-0.2, -0.15) is 0 Å². The summed E-state index contributed by atoms with van der Waals surface area (Å²) in [5.41, 5.74) is 3.14. The number of amides is 3. The maximum Gasteiger partial charge on any atom is 0.344 e. The summed E-state index contributed by atoms with van der Waals surface area (Å²) in [5, 5.41) is 7.47. The number of aryl methyl sites for hydroxylation is 1. The van der Waals surface area contributed by atoms with Crippen molar-refractivity contribution < 1.29 is 37.9 Å². The van der Waals surface area contributed by atoms with Crippen LogP contribution in [0.2, 0.25) is 0 Å². The van der Waals surface area contributed by atoms with Crippen molar-refractivity contribution in [2.45, 2.75) is 26.4 Å². The Balaban J connectivity index is 1.71. The van der Waals surface area contributed by atoms with E-state index in [0.29, 0.717) is 33.8 Å². The molecule has 2 aromatic rings. The van der Waals surface area contributed by atoms with Crippen LogP contribution in [0.5, 0.6) is 0 Å². The van der Waals surface area contributed by atoms with Gasteiger partial charge in [0.15, 0.2) is 0 Å². The lowest BCUT2D eigenvalue weighted by Crippen LogP contribution is -2.37. The van der Waals surface area contributed by atoms with Gasteiger partial charge in [-0.1, -0.05) is 0 Å². The van der Waals surface area contributed by atoms with Gasteiger partial charge in [0.05, 0.1) is 23.7 Å². The number of benzene rings is 1. The van der Waals surface area contributed by atoms with Crippen molar-refractivity contribution in [1.82, 2.24) is 15.6 Å². The molecule has 0 saturated carbocycles. The lowest BCUT2D eigenvalue weighted by atomic mass is 10.0. The molecule has 0 spiro atoms. The predicted molar refractivity (Wildman–Crippen MR) is 126 cm³/mol. The monoisotopic (exact) mass is 508 g/mol. The van der Waals surface area contributed by atoms with Gasteiger partial charge in [0.25, 0.3) is 11.8 Å². The van der Waals surface area contributed by atoms with Crippen molar-refractivity contribution in [3.05, 3.63) is 52.1 Å². The van der Waals surface area contributed by atoms with Crippen LogP contribution in [0.1, 0.15) is 39.3 Å². The van der Waals surface area contributed by atoms with Crippen molar-refractivity contribution in [3.63, 3.8) is 0 Å². The van der Waals surface area contributed by atoms with Crippen molar-refractivity contribution in [2.24, 2.45) is 0 Å². The zero-order valence-electron chi connectivity index (χ0n) is 19.3. The standard InChI is InChI=1S/C22H26FN4O7P/c1-11-18(8-16-15-6-13(23)4-5-17(15)27-21(16)29)26-12(2)20(11)22(30)24-9-14(34-3)7-19(28)25-10-35(31,32)33/h4-6,8,14,26H,7,9-10H2,1-3H3,(H,24,30)(H,25,28)(H,27,29)(H2,31,32,33)/b16-8-. The van der Waals surface area contributed by atoms with Crippen LogP contribution in [-0.2, 0) is 18.9 Å². The van der Waals surface area contributed by atoms with Crippen LogP contribution in [0, 0.1) is 19.7 Å². The third kappa shape index (κ3) is 6.43. The Morgan fingerprint density at radius 1 is 1.26 bits per heavy atom. The zero-order chi connectivity index (χ0) is 25.9. The molecule has 1 aromatic heterocycles. The van der Waals surface area contributed by atoms with Crippen LogP contribution in [0.25, 0.3) is 11.6 Å². The van der Waals surface area contributed by atoms with Gasteiger partial charge in [-0.3, -0.25) is 18.9 Å². The Labute approximate surface area is 200 Å². The fraction of sp³-hybridized carbons (Fsp3) is 0.318. The number of hydrogen-bond acceptors (Lipinski definition) is 5. The molecule has 2 heterocycles. The van der Waals surface area contributed by atoms with E-state index >= 15 is 0 Å². The Bertz CT molecular complexity index is 1250. The van der Waals surface area contributed by atoms with Crippen molar-refractivity contribution in [2.75, 3.05) is 25.3 Å². The molecule has 0 saturated heterocycles. The second kappa shape index (κ2) is 10.5. The number of rotatable bonds is 9. The smallest absolute Gasteiger partial charge is 0.344 e.